The first-order valence-electron chi connectivity index (χ1n) is 18.1. The number of nitrogens with zero attached hydrogens (tertiary/aromatic N) is 2. The van der Waals surface area contributed by atoms with E-state index in [4.69, 9.17) is 18.9 Å². The number of aryl methyl sites for hydroxylation is 1. The molecule has 0 N–H and O–H groups in total. The standard InChI is InChI=1S/C47H41FN2O4/c1-4-7-33-8-10-37-26-38(12-11-36(37)24-33)39-15-19-43(41(27-39)30-50-49-29-34-9-21-46-47(25-34)54-31-53-46)40-16-20-44(45(48)28-40)35-13-17-42(18-14-35)52-23-6-22-51-32(3)5-2/h5,8-21,24-30H,2-4,6-7,22-23,31H2,1H3/b49-29+,50-30+. The van der Waals surface area contributed by atoms with Crippen LogP contribution in [0.5, 0.6) is 17.2 Å². The number of hydrogen-bond acceptors (Lipinski definition) is 6. The summed E-state index contributed by atoms with van der Waals surface area (Å²) >= 11 is 0. The molecule has 0 unspecified atom stereocenters. The van der Waals surface area contributed by atoms with Gasteiger partial charge in [-0.25, -0.2) is 4.39 Å². The van der Waals surface area contributed by atoms with Crippen LogP contribution >= 0.6 is 0 Å². The molecule has 7 rings (SSSR count). The molecule has 0 saturated carbocycles. The molecular formula is C47H41FN2O4. The van der Waals surface area contributed by atoms with Crippen molar-refractivity contribution in [3.05, 3.63) is 163 Å². The largest absolute Gasteiger partial charge is 0.494 e. The van der Waals surface area contributed by atoms with E-state index >= 15 is 4.39 Å². The Morgan fingerprint density at radius 2 is 1.44 bits per heavy atom. The average Bonchev–Trinajstić information content (AvgIpc) is 3.68. The van der Waals surface area contributed by atoms with Gasteiger partial charge in [0.25, 0.3) is 0 Å². The Morgan fingerprint density at radius 1 is 0.722 bits per heavy atom. The Balaban J connectivity index is 1.14. The van der Waals surface area contributed by atoms with E-state index in [1.54, 1.807) is 24.6 Å². The minimum Gasteiger partial charge on any atom is -0.494 e. The lowest BCUT2D eigenvalue weighted by molar-refractivity contribution is 0.174. The maximum absolute atomic E-state index is 15.9. The molecule has 0 atom stereocenters. The van der Waals surface area contributed by atoms with Gasteiger partial charge in [0.05, 0.1) is 25.6 Å². The topological polar surface area (TPSA) is 61.6 Å². The summed E-state index contributed by atoms with van der Waals surface area (Å²) in [4.78, 5) is 0. The van der Waals surface area contributed by atoms with Crippen LogP contribution in [0.3, 0.4) is 0 Å². The van der Waals surface area contributed by atoms with E-state index in [0.717, 1.165) is 51.8 Å². The highest BCUT2D eigenvalue weighted by molar-refractivity contribution is 5.95. The summed E-state index contributed by atoms with van der Waals surface area (Å²) in [6, 6.07) is 37.7. The van der Waals surface area contributed by atoms with E-state index in [2.05, 4.69) is 78.8 Å². The lowest BCUT2D eigenvalue weighted by Gasteiger charge is -2.12. The highest BCUT2D eigenvalue weighted by atomic mass is 19.1. The predicted octanol–water partition coefficient (Wildman–Crippen LogP) is 11.6. The fraction of sp³-hybridized carbons (Fsp3) is 0.149. The molecule has 1 aliphatic heterocycles. The van der Waals surface area contributed by atoms with Gasteiger partial charge in [0.1, 0.15) is 17.3 Å². The van der Waals surface area contributed by atoms with Crippen molar-refractivity contribution in [2.24, 2.45) is 10.2 Å². The van der Waals surface area contributed by atoms with Crippen molar-refractivity contribution >= 4 is 23.2 Å². The summed E-state index contributed by atoms with van der Waals surface area (Å²) in [6.45, 7) is 10.7. The summed E-state index contributed by atoms with van der Waals surface area (Å²) in [5.74, 6) is 2.30. The predicted molar refractivity (Wildman–Crippen MR) is 217 cm³/mol. The fourth-order valence-electron chi connectivity index (χ4n) is 6.38. The van der Waals surface area contributed by atoms with E-state index in [9.17, 15) is 0 Å². The van der Waals surface area contributed by atoms with Crippen molar-refractivity contribution in [2.45, 2.75) is 26.2 Å². The minimum atomic E-state index is -0.328. The molecule has 54 heavy (non-hydrogen) atoms. The lowest BCUT2D eigenvalue weighted by atomic mass is 9.93. The zero-order chi connectivity index (χ0) is 37.3. The van der Waals surface area contributed by atoms with Gasteiger partial charge in [-0.1, -0.05) is 93.2 Å². The Hall–Kier alpha value is -6.47. The number of allylic oxidation sites excluding steroid dienone is 1. The molecule has 1 aliphatic rings. The van der Waals surface area contributed by atoms with E-state index in [1.807, 2.05) is 60.7 Å². The highest BCUT2D eigenvalue weighted by Gasteiger charge is 2.14. The molecule has 6 aromatic rings. The second kappa shape index (κ2) is 16.9. The van der Waals surface area contributed by atoms with Crippen LogP contribution in [-0.4, -0.2) is 32.4 Å². The number of benzene rings is 6. The smallest absolute Gasteiger partial charge is 0.231 e. The third-order valence-electron chi connectivity index (χ3n) is 9.21. The molecule has 0 aromatic heterocycles. The normalized spacial score (nSPS) is 12.1. The molecule has 6 aromatic carbocycles. The number of hydrogen-bond donors (Lipinski definition) is 0. The number of rotatable bonds is 15. The van der Waals surface area contributed by atoms with Crippen LogP contribution in [0.15, 0.2) is 150 Å². The van der Waals surface area contributed by atoms with E-state index in [-0.39, 0.29) is 12.6 Å². The Kier molecular flexibility index (Phi) is 11.2. The van der Waals surface area contributed by atoms with Crippen LogP contribution in [0.4, 0.5) is 4.39 Å². The number of ether oxygens (including phenoxy) is 4. The summed E-state index contributed by atoms with van der Waals surface area (Å²) in [7, 11) is 0. The molecule has 0 amide bonds. The average molecular weight is 717 g/mol. The van der Waals surface area contributed by atoms with E-state index < -0.39 is 0 Å². The van der Waals surface area contributed by atoms with Crippen molar-refractivity contribution in [3.8, 4) is 50.6 Å². The zero-order valence-corrected chi connectivity index (χ0v) is 30.3. The first kappa shape index (κ1) is 35.9. The van der Waals surface area contributed by atoms with E-state index in [0.29, 0.717) is 48.2 Å². The minimum absolute atomic E-state index is 0.207. The van der Waals surface area contributed by atoms with Crippen molar-refractivity contribution < 1.29 is 23.3 Å². The monoisotopic (exact) mass is 716 g/mol. The van der Waals surface area contributed by atoms with Gasteiger partial charge >= 0.3 is 0 Å². The van der Waals surface area contributed by atoms with Crippen molar-refractivity contribution in [2.75, 3.05) is 20.0 Å². The van der Waals surface area contributed by atoms with Crippen LogP contribution in [0.25, 0.3) is 44.2 Å². The molecule has 0 spiro atoms. The second-order valence-electron chi connectivity index (χ2n) is 13.0. The van der Waals surface area contributed by atoms with Gasteiger partial charge in [-0.05, 0) is 111 Å². The number of fused-ring (bicyclic) bond motifs is 2. The van der Waals surface area contributed by atoms with Crippen molar-refractivity contribution in [3.63, 3.8) is 0 Å². The van der Waals surface area contributed by atoms with Gasteiger partial charge in [-0.2, -0.15) is 10.2 Å². The van der Waals surface area contributed by atoms with E-state index in [1.165, 1.54) is 16.3 Å². The van der Waals surface area contributed by atoms with Gasteiger partial charge in [-0.15, -0.1) is 0 Å². The molecule has 0 saturated heterocycles. The molecule has 7 heteroatoms. The third kappa shape index (κ3) is 8.59. The molecular weight excluding hydrogens is 676 g/mol. The summed E-state index contributed by atoms with van der Waals surface area (Å²) in [5.41, 5.74) is 7.90. The first-order chi connectivity index (χ1) is 26.5. The van der Waals surface area contributed by atoms with Crippen LogP contribution in [-0.2, 0) is 11.2 Å². The summed E-state index contributed by atoms with van der Waals surface area (Å²) in [5, 5.41) is 11.1. The molecule has 0 aliphatic carbocycles. The molecule has 1 heterocycles. The Labute approximate surface area is 315 Å². The van der Waals surface area contributed by atoms with Gasteiger partial charge in [0.15, 0.2) is 11.5 Å². The lowest BCUT2D eigenvalue weighted by Crippen LogP contribution is -2.02. The second-order valence-corrected chi connectivity index (χ2v) is 13.0. The third-order valence-corrected chi connectivity index (χ3v) is 9.21. The highest BCUT2D eigenvalue weighted by Crippen LogP contribution is 2.34. The fourth-order valence-corrected chi connectivity index (χ4v) is 6.38. The van der Waals surface area contributed by atoms with Crippen LogP contribution in [0.2, 0.25) is 0 Å². The zero-order valence-electron chi connectivity index (χ0n) is 30.3. The van der Waals surface area contributed by atoms with Crippen LogP contribution in [0, 0.1) is 5.82 Å². The molecule has 270 valence electrons. The molecule has 0 bridgehead atoms. The van der Waals surface area contributed by atoms with Crippen LogP contribution < -0.4 is 14.2 Å². The van der Waals surface area contributed by atoms with Gasteiger partial charge in [0.2, 0.25) is 6.79 Å². The summed E-state index contributed by atoms with van der Waals surface area (Å²) in [6.07, 6.45) is 7.83. The molecule has 6 nitrogen and oxygen atoms in total. The Bertz CT molecular complexity index is 2360. The SMILES string of the molecule is C=CC(=C)OCCCOc1ccc(-c2ccc(-c3ccc(-c4ccc5cc(CCC)ccc5c4)cc3/C=N/N=C/c3ccc4c(c3)OCO4)cc2F)cc1. The van der Waals surface area contributed by atoms with Crippen molar-refractivity contribution in [1.82, 2.24) is 0 Å². The van der Waals surface area contributed by atoms with Gasteiger partial charge < -0.3 is 18.9 Å². The Morgan fingerprint density at radius 3 is 2.28 bits per heavy atom. The van der Waals surface area contributed by atoms with Gasteiger partial charge in [-0.3, -0.25) is 0 Å². The summed E-state index contributed by atoms with van der Waals surface area (Å²) < 4.78 is 38.0. The molecule has 0 fully saturated rings. The quantitative estimate of drug-likeness (QED) is 0.0349. The van der Waals surface area contributed by atoms with Crippen LogP contribution in [0.1, 0.15) is 36.5 Å². The number of halogens is 1. The maximum atomic E-state index is 15.9. The van der Waals surface area contributed by atoms with Gasteiger partial charge in [0, 0.05) is 17.5 Å². The van der Waals surface area contributed by atoms with Crippen molar-refractivity contribution in [1.29, 1.82) is 0 Å². The molecule has 0 radical (unpaired) electrons. The maximum Gasteiger partial charge on any atom is 0.231 e. The first-order valence-corrected chi connectivity index (χ1v) is 18.1.